The van der Waals surface area contributed by atoms with E-state index in [4.69, 9.17) is 4.74 Å². The molecule has 0 aliphatic rings. The molecule has 0 saturated carbocycles. The molecule has 0 saturated heterocycles. The number of carbonyl (C=O) groups excluding carboxylic acids is 2. The number of aryl methyl sites for hydroxylation is 1. The van der Waals surface area contributed by atoms with E-state index in [9.17, 15) is 9.59 Å². The van der Waals surface area contributed by atoms with E-state index in [2.05, 4.69) is 10.3 Å². The summed E-state index contributed by atoms with van der Waals surface area (Å²) in [6.07, 6.45) is 0.137. The number of rotatable bonds is 8. The minimum absolute atomic E-state index is 0.110. The quantitative estimate of drug-likeness (QED) is 0.361. The number of benzene rings is 2. The van der Waals surface area contributed by atoms with Crippen molar-refractivity contribution in [3.05, 3.63) is 98.8 Å². The first-order valence-electron chi connectivity index (χ1n) is 9.68. The summed E-state index contributed by atoms with van der Waals surface area (Å²) in [4.78, 5) is 29.7. The zero-order valence-corrected chi connectivity index (χ0v) is 18.5. The molecule has 0 bridgehead atoms. The fourth-order valence-corrected chi connectivity index (χ4v) is 4.45. The third-order valence-electron chi connectivity index (χ3n) is 4.52. The van der Waals surface area contributed by atoms with Gasteiger partial charge in [-0.2, -0.15) is 0 Å². The molecule has 4 rings (SSSR count). The average molecular weight is 449 g/mol. The smallest absolute Gasteiger partial charge is 0.231 e. The summed E-state index contributed by atoms with van der Waals surface area (Å²) in [7, 11) is 0. The van der Waals surface area contributed by atoms with Crippen molar-refractivity contribution in [3.8, 4) is 5.75 Å². The van der Waals surface area contributed by atoms with E-state index in [0.29, 0.717) is 28.4 Å². The molecule has 2 aromatic heterocycles. The van der Waals surface area contributed by atoms with Crippen molar-refractivity contribution in [2.75, 3.05) is 5.32 Å². The Bertz CT molecular complexity index is 1180. The van der Waals surface area contributed by atoms with Crippen molar-refractivity contribution in [1.29, 1.82) is 0 Å². The topological polar surface area (TPSA) is 68.3 Å². The van der Waals surface area contributed by atoms with E-state index >= 15 is 0 Å². The van der Waals surface area contributed by atoms with Gasteiger partial charge in [-0.1, -0.05) is 48.0 Å². The second kappa shape index (κ2) is 9.68. The largest absolute Gasteiger partial charge is 0.486 e. The Balaban J connectivity index is 1.34. The number of nitrogens with zero attached hydrogens (tertiary/aromatic N) is 1. The van der Waals surface area contributed by atoms with E-state index in [1.807, 2.05) is 54.8 Å². The molecular formula is C24H20N2O3S2. The molecule has 1 N–H and O–H groups in total. The Labute approximate surface area is 188 Å². The fourth-order valence-electron chi connectivity index (χ4n) is 2.94. The summed E-state index contributed by atoms with van der Waals surface area (Å²) >= 11 is 2.79. The first-order valence-corrected chi connectivity index (χ1v) is 11.4. The van der Waals surface area contributed by atoms with Gasteiger partial charge in [-0.05, 0) is 30.5 Å². The normalized spacial score (nSPS) is 10.6. The monoisotopic (exact) mass is 448 g/mol. The van der Waals surface area contributed by atoms with Crippen LogP contribution >= 0.6 is 22.7 Å². The molecule has 0 unspecified atom stereocenters. The Morgan fingerprint density at radius 3 is 2.55 bits per heavy atom. The molecule has 0 fully saturated rings. The highest BCUT2D eigenvalue weighted by Gasteiger charge is 2.17. The molecule has 4 aromatic rings. The van der Waals surface area contributed by atoms with Crippen molar-refractivity contribution in [2.45, 2.75) is 20.0 Å². The third kappa shape index (κ3) is 5.45. The first-order chi connectivity index (χ1) is 15.1. The van der Waals surface area contributed by atoms with Crippen molar-refractivity contribution in [2.24, 2.45) is 0 Å². The molecule has 2 heterocycles. The van der Waals surface area contributed by atoms with Crippen LogP contribution in [0.25, 0.3) is 0 Å². The Hall–Kier alpha value is -3.29. The number of amides is 1. The number of nitrogens with one attached hydrogen (secondary N) is 1. The molecule has 0 radical (unpaired) electrons. The Morgan fingerprint density at radius 1 is 1.00 bits per heavy atom. The van der Waals surface area contributed by atoms with Crippen LogP contribution in [0.1, 0.15) is 32.2 Å². The molecule has 156 valence electrons. The standard InChI is InChI=1S/C24H20N2O3S2/c1-16-7-9-19(10-8-16)29-14-22-25-18(15-31-22)13-21(27)26-24-20(11-12-30-24)23(28)17-5-3-2-4-6-17/h2-12,15H,13-14H2,1H3,(H,26,27). The number of hydrogen-bond donors (Lipinski definition) is 1. The van der Waals surface area contributed by atoms with Gasteiger partial charge >= 0.3 is 0 Å². The summed E-state index contributed by atoms with van der Waals surface area (Å²) in [6, 6.07) is 18.6. The van der Waals surface area contributed by atoms with Crippen LogP contribution in [0, 0.1) is 6.92 Å². The zero-order chi connectivity index (χ0) is 21.6. The van der Waals surface area contributed by atoms with Crippen LogP contribution in [-0.2, 0) is 17.8 Å². The van der Waals surface area contributed by atoms with Crippen LogP contribution in [0.5, 0.6) is 5.75 Å². The lowest BCUT2D eigenvalue weighted by atomic mass is 10.1. The molecule has 0 spiro atoms. The lowest BCUT2D eigenvalue weighted by Crippen LogP contribution is -2.16. The number of thiazole rings is 1. The maximum Gasteiger partial charge on any atom is 0.231 e. The molecule has 0 aliphatic heterocycles. The SMILES string of the molecule is Cc1ccc(OCc2nc(CC(=O)Nc3sccc3C(=O)c3ccccc3)cs2)cc1. The number of ether oxygens (including phenoxy) is 1. The van der Waals surface area contributed by atoms with Crippen LogP contribution in [0.4, 0.5) is 5.00 Å². The molecule has 0 aliphatic carbocycles. The summed E-state index contributed by atoms with van der Waals surface area (Å²) in [5.74, 6) is 0.468. The number of carbonyl (C=O) groups is 2. The van der Waals surface area contributed by atoms with Crippen molar-refractivity contribution in [3.63, 3.8) is 0 Å². The van der Waals surface area contributed by atoms with Crippen LogP contribution < -0.4 is 10.1 Å². The molecule has 31 heavy (non-hydrogen) atoms. The highest BCUT2D eigenvalue weighted by molar-refractivity contribution is 7.14. The van der Waals surface area contributed by atoms with Gasteiger partial charge < -0.3 is 10.1 Å². The van der Waals surface area contributed by atoms with Gasteiger partial charge in [-0.15, -0.1) is 22.7 Å². The van der Waals surface area contributed by atoms with E-state index in [1.165, 1.54) is 28.2 Å². The maximum atomic E-state index is 12.7. The van der Waals surface area contributed by atoms with Gasteiger partial charge in [0.25, 0.3) is 0 Å². The maximum absolute atomic E-state index is 12.7. The summed E-state index contributed by atoms with van der Waals surface area (Å²) < 4.78 is 5.75. The van der Waals surface area contributed by atoms with Gasteiger partial charge in [-0.3, -0.25) is 9.59 Å². The van der Waals surface area contributed by atoms with Crippen LogP contribution in [0.15, 0.2) is 71.4 Å². The number of hydrogen-bond acceptors (Lipinski definition) is 6. The summed E-state index contributed by atoms with van der Waals surface area (Å²) in [6.45, 7) is 2.38. The highest BCUT2D eigenvalue weighted by Crippen LogP contribution is 2.26. The van der Waals surface area contributed by atoms with Crippen LogP contribution in [0.3, 0.4) is 0 Å². The number of aromatic nitrogens is 1. The van der Waals surface area contributed by atoms with Crippen LogP contribution in [-0.4, -0.2) is 16.7 Å². The predicted octanol–water partition coefficient (Wildman–Crippen LogP) is 5.50. The fraction of sp³-hybridized carbons (Fsp3) is 0.125. The van der Waals surface area contributed by atoms with E-state index in [-0.39, 0.29) is 18.1 Å². The van der Waals surface area contributed by atoms with Gasteiger partial charge in [0.2, 0.25) is 5.91 Å². The lowest BCUT2D eigenvalue weighted by molar-refractivity contribution is -0.115. The average Bonchev–Trinajstić information content (AvgIpc) is 3.43. The van der Waals surface area contributed by atoms with Gasteiger partial charge in [0.05, 0.1) is 17.7 Å². The summed E-state index contributed by atoms with van der Waals surface area (Å²) in [5, 5.41) is 7.87. The second-order valence-electron chi connectivity index (χ2n) is 6.92. The van der Waals surface area contributed by atoms with Crippen molar-refractivity contribution in [1.82, 2.24) is 4.98 Å². The molecule has 7 heteroatoms. The third-order valence-corrected chi connectivity index (χ3v) is 6.22. The number of thiophene rings is 1. The minimum Gasteiger partial charge on any atom is -0.486 e. The minimum atomic E-state index is -0.208. The zero-order valence-electron chi connectivity index (χ0n) is 16.8. The van der Waals surface area contributed by atoms with Crippen LogP contribution in [0.2, 0.25) is 0 Å². The number of anilines is 1. The molecular weight excluding hydrogens is 428 g/mol. The molecule has 2 aromatic carbocycles. The molecule has 5 nitrogen and oxygen atoms in total. The van der Waals surface area contributed by atoms with E-state index in [0.717, 1.165) is 10.8 Å². The highest BCUT2D eigenvalue weighted by atomic mass is 32.1. The van der Waals surface area contributed by atoms with Crippen molar-refractivity contribution >= 4 is 39.4 Å². The summed E-state index contributed by atoms with van der Waals surface area (Å²) in [5.41, 5.74) is 2.94. The van der Waals surface area contributed by atoms with Gasteiger partial charge in [0, 0.05) is 10.9 Å². The predicted molar refractivity (Wildman–Crippen MR) is 124 cm³/mol. The van der Waals surface area contributed by atoms with Gasteiger partial charge in [0.15, 0.2) is 5.78 Å². The van der Waals surface area contributed by atoms with Gasteiger partial charge in [0.1, 0.15) is 22.4 Å². The van der Waals surface area contributed by atoms with E-state index < -0.39 is 0 Å². The first kappa shape index (κ1) is 21.0. The lowest BCUT2D eigenvalue weighted by Gasteiger charge is -2.05. The van der Waals surface area contributed by atoms with Gasteiger partial charge in [-0.25, -0.2) is 4.98 Å². The molecule has 1 amide bonds. The Morgan fingerprint density at radius 2 is 1.77 bits per heavy atom. The second-order valence-corrected chi connectivity index (χ2v) is 8.78. The van der Waals surface area contributed by atoms with E-state index in [1.54, 1.807) is 23.6 Å². The number of ketones is 1. The Kier molecular flexibility index (Phi) is 6.54. The van der Waals surface area contributed by atoms with Crippen molar-refractivity contribution < 1.29 is 14.3 Å². The molecule has 0 atom stereocenters.